The number of amides is 1. The van der Waals surface area contributed by atoms with Crippen LogP contribution in [0.1, 0.15) is 27.0 Å². The average molecular weight is 378 g/mol. The molecule has 27 heavy (non-hydrogen) atoms. The number of halogens is 1. The number of nitrogens with zero attached hydrogens (tertiary/aromatic N) is 2. The number of anilines is 1. The van der Waals surface area contributed by atoms with Crippen LogP contribution in [0.5, 0.6) is 0 Å². The molecule has 0 fully saturated rings. The lowest BCUT2D eigenvalue weighted by Gasteiger charge is -2.29. The molecule has 0 radical (unpaired) electrons. The Hall–Kier alpha value is -2.85. The van der Waals surface area contributed by atoms with Crippen LogP contribution >= 0.6 is 11.6 Å². The maximum atomic E-state index is 12.4. The zero-order valence-corrected chi connectivity index (χ0v) is 15.6. The molecule has 0 atom stereocenters. The molecular weight excluding hydrogens is 358 g/mol. The minimum absolute atomic E-state index is 0.155. The van der Waals surface area contributed by atoms with Gasteiger partial charge in [-0.2, -0.15) is 0 Å². The van der Waals surface area contributed by atoms with Crippen LogP contribution in [0, 0.1) is 0 Å². The summed E-state index contributed by atoms with van der Waals surface area (Å²) in [5, 5.41) is 3.54. The third-order valence-electron chi connectivity index (χ3n) is 4.86. The summed E-state index contributed by atoms with van der Waals surface area (Å²) in [5.41, 5.74) is 4.18. The molecule has 2 aromatic carbocycles. The number of benzene rings is 2. The van der Waals surface area contributed by atoms with E-state index in [1.165, 1.54) is 11.1 Å². The predicted molar refractivity (Wildman–Crippen MR) is 108 cm³/mol. The maximum absolute atomic E-state index is 12.4. The number of nitrogens with one attached hydrogen (secondary N) is 1. The van der Waals surface area contributed by atoms with Crippen molar-refractivity contribution < 1.29 is 4.79 Å². The lowest BCUT2D eigenvalue weighted by molar-refractivity contribution is 0.0950. The van der Waals surface area contributed by atoms with Gasteiger partial charge in [0.2, 0.25) is 0 Å². The van der Waals surface area contributed by atoms with E-state index in [9.17, 15) is 4.79 Å². The summed E-state index contributed by atoms with van der Waals surface area (Å²) >= 11 is 6.13. The van der Waals surface area contributed by atoms with Crippen molar-refractivity contribution >= 4 is 23.3 Å². The van der Waals surface area contributed by atoms with E-state index in [2.05, 4.69) is 39.5 Å². The number of rotatable bonds is 4. The summed E-state index contributed by atoms with van der Waals surface area (Å²) in [6.07, 6.45) is 2.65. The van der Waals surface area contributed by atoms with Gasteiger partial charge in [-0.3, -0.25) is 4.79 Å². The van der Waals surface area contributed by atoms with Gasteiger partial charge in [-0.25, -0.2) is 4.98 Å². The second-order valence-corrected chi connectivity index (χ2v) is 7.03. The van der Waals surface area contributed by atoms with Crippen molar-refractivity contribution in [1.82, 2.24) is 10.3 Å². The largest absolute Gasteiger partial charge is 0.352 e. The van der Waals surface area contributed by atoms with Crippen LogP contribution in [-0.2, 0) is 19.5 Å². The Morgan fingerprint density at radius 2 is 1.81 bits per heavy atom. The van der Waals surface area contributed by atoms with Crippen LogP contribution < -0.4 is 10.2 Å². The fourth-order valence-electron chi connectivity index (χ4n) is 3.32. The van der Waals surface area contributed by atoms with Crippen LogP contribution in [-0.4, -0.2) is 17.4 Å². The fraction of sp³-hybridized carbons (Fsp3) is 0.182. The molecule has 0 saturated carbocycles. The first-order valence-corrected chi connectivity index (χ1v) is 9.38. The molecule has 2 heterocycles. The van der Waals surface area contributed by atoms with Crippen molar-refractivity contribution in [3.05, 3.63) is 94.1 Å². The predicted octanol–water partition coefficient (Wildman–Crippen LogP) is 4.23. The number of fused-ring (bicyclic) bond motifs is 1. The van der Waals surface area contributed by atoms with Gasteiger partial charge in [0, 0.05) is 30.9 Å². The van der Waals surface area contributed by atoms with Gasteiger partial charge in [0.05, 0.1) is 5.56 Å². The summed E-state index contributed by atoms with van der Waals surface area (Å²) in [4.78, 5) is 19.1. The Morgan fingerprint density at radius 3 is 2.59 bits per heavy atom. The van der Waals surface area contributed by atoms with Crippen molar-refractivity contribution in [1.29, 1.82) is 0 Å². The van der Waals surface area contributed by atoms with Gasteiger partial charge in [-0.15, -0.1) is 0 Å². The smallest absolute Gasteiger partial charge is 0.253 e. The Labute approximate surface area is 163 Å². The molecule has 1 amide bonds. The van der Waals surface area contributed by atoms with E-state index in [1.807, 2.05) is 36.4 Å². The first-order chi connectivity index (χ1) is 13.2. The van der Waals surface area contributed by atoms with E-state index in [-0.39, 0.29) is 5.91 Å². The van der Waals surface area contributed by atoms with E-state index < -0.39 is 0 Å². The molecule has 0 saturated heterocycles. The van der Waals surface area contributed by atoms with Gasteiger partial charge in [-0.1, -0.05) is 54.1 Å². The molecule has 1 aromatic heterocycles. The summed E-state index contributed by atoms with van der Waals surface area (Å²) in [6.45, 7) is 2.17. The number of carbonyl (C=O) groups is 1. The van der Waals surface area contributed by atoms with E-state index in [0.29, 0.717) is 17.1 Å². The summed E-state index contributed by atoms with van der Waals surface area (Å²) in [6, 6.07) is 19.7. The lowest BCUT2D eigenvalue weighted by atomic mass is 10.00. The van der Waals surface area contributed by atoms with E-state index in [0.717, 1.165) is 30.9 Å². The third-order valence-corrected chi connectivity index (χ3v) is 5.23. The Morgan fingerprint density at radius 1 is 1.04 bits per heavy atom. The number of carbonyl (C=O) groups excluding carboxylic acids is 1. The van der Waals surface area contributed by atoms with Crippen molar-refractivity contribution in [2.75, 3.05) is 11.4 Å². The Balaban J connectivity index is 1.40. The Kier molecular flexibility index (Phi) is 5.07. The number of aromatic nitrogens is 1. The monoisotopic (exact) mass is 377 g/mol. The Bertz CT molecular complexity index is 956. The fourth-order valence-corrected chi connectivity index (χ4v) is 3.52. The van der Waals surface area contributed by atoms with Gasteiger partial charge in [0.25, 0.3) is 5.91 Å². The van der Waals surface area contributed by atoms with Gasteiger partial charge in [0.15, 0.2) is 0 Å². The molecule has 136 valence electrons. The molecule has 0 aliphatic carbocycles. The first-order valence-electron chi connectivity index (χ1n) is 9.00. The highest BCUT2D eigenvalue weighted by atomic mass is 35.5. The molecular formula is C22H20ClN3O. The molecule has 1 aliphatic heterocycles. The quantitative estimate of drug-likeness (QED) is 0.740. The first kappa shape index (κ1) is 17.6. The van der Waals surface area contributed by atoms with Crippen molar-refractivity contribution in [3.8, 4) is 0 Å². The maximum Gasteiger partial charge on any atom is 0.253 e. The topological polar surface area (TPSA) is 45.2 Å². The summed E-state index contributed by atoms with van der Waals surface area (Å²) in [5.74, 6) is 0.741. The van der Waals surface area contributed by atoms with E-state index in [1.54, 1.807) is 6.20 Å². The van der Waals surface area contributed by atoms with Crippen LogP contribution in [0.4, 0.5) is 5.82 Å². The van der Waals surface area contributed by atoms with Crippen LogP contribution in [0.3, 0.4) is 0 Å². The zero-order valence-electron chi connectivity index (χ0n) is 14.9. The molecule has 3 aromatic rings. The standard InChI is InChI=1S/C22H20ClN3O/c23-20-8-4-3-6-17(20)13-25-22(27)18-9-10-21(24-14-18)26-12-11-16-5-1-2-7-19(16)15-26/h1-10,14H,11-13,15H2,(H,25,27). The molecule has 0 spiro atoms. The highest BCUT2D eigenvalue weighted by Crippen LogP contribution is 2.23. The van der Waals surface area contributed by atoms with Gasteiger partial charge >= 0.3 is 0 Å². The summed E-state index contributed by atoms with van der Waals surface area (Å²) in [7, 11) is 0. The second-order valence-electron chi connectivity index (χ2n) is 6.62. The lowest BCUT2D eigenvalue weighted by Crippen LogP contribution is -2.31. The molecule has 0 bridgehead atoms. The molecule has 4 nitrogen and oxygen atoms in total. The van der Waals surface area contributed by atoms with Crippen LogP contribution in [0.2, 0.25) is 5.02 Å². The molecule has 1 aliphatic rings. The number of hydrogen-bond acceptors (Lipinski definition) is 3. The van der Waals surface area contributed by atoms with E-state index in [4.69, 9.17) is 11.6 Å². The highest BCUT2D eigenvalue weighted by molar-refractivity contribution is 6.31. The molecule has 0 unspecified atom stereocenters. The van der Waals surface area contributed by atoms with Crippen molar-refractivity contribution in [2.45, 2.75) is 19.5 Å². The van der Waals surface area contributed by atoms with Gasteiger partial charge < -0.3 is 10.2 Å². The molecule has 1 N–H and O–H groups in total. The highest BCUT2D eigenvalue weighted by Gasteiger charge is 2.17. The minimum atomic E-state index is -0.155. The number of pyridine rings is 1. The zero-order chi connectivity index (χ0) is 18.6. The second kappa shape index (κ2) is 7.80. The summed E-state index contributed by atoms with van der Waals surface area (Å²) < 4.78 is 0. The average Bonchev–Trinajstić information content (AvgIpc) is 2.73. The number of hydrogen-bond donors (Lipinski definition) is 1. The molecule has 4 rings (SSSR count). The minimum Gasteiger partial charge on any atom is -0.352 e. The molecule has 5 heteroatoms. The normalized spacial score (nSPS) is 13.1. The van der Waals surface area contributed by atoms with Crippen LogP contribution in [0.25, 0.3) is 0 Å². The van der Waals surface area contributed by atoms with Gasteiger partial charge in [-0.05, 0) is 41.3 Å². The van der Waals surface area contributed by atoms with E-state index >= 15 is 0 Å². The SMILES string of the molecule is O=C(NCc1ccccc1Cl)c1ccc(N2CCc3ccccc3C2)nc1. The third kappa shape index (κ3) is 3.96. The van der Waals surface area contributed by atoms with Crippen molar-refractivity contribution in [2.24, 2.45) is 0 Å². The van der Waals surface area contributed by atoms with Crippen molar-refractivity contribution in [3.63, 3.8) is 0 Å². The van der Waals surface area contributed by atoms with Crippen LogP contribution in [0.15, 0.2) is 66.9 Å². The van der Waals surface area contributed by atoms with Gasteiger partial charge in [0.1, 0.15) is 5.82 Å².